The standard InChI is InChI=1S/C20H18N6O/c1-12(2)17-7-9-22-18(24-17)15-6-5-13-3-4-14(11-16(13)15)19-25-26-20(27-19)23-10-8-21/h3-4,6-7,9,11-12H,5,10H2,1-2H3,(H,23,26). The Kier molecular flexibility index (Phi) is 4.38. The second-order valence-corrected chi connectivity index (χ2v) is 6.58. The second kappa shape index (κ2) is 7.00. The summed E-state index contributed by atoms with van der Waals surface area (Å²) in [5.41, 5.74) is 5.17. The Hall–Kier alpha value is -3.53. The van der Waals surface area contributed by atoms with Gasteiger partial charge in [-0.3, -0.25) is 0 Å². The van der Waals surface area contributed by atoms with Gasteiger partial charge in [0.2, 0.25) is 5.89 Å². The number of nitrogens with zero attached hydrogens (tertiary/aromatic N) is 5. The highest BCUT2D eigenvalue weighted by atomic mass is 16.4. The van der Waals surface area contributed by atoms with Gasteiger partial charge < -0.3 is 9.73 Å². The number of allylic oxidation sites excluding steroid dienone is 1. The lowest BCUT2D eigenvalue weighted by Gasteiger charge is -2.09. The largest absolute Gasteiger partial charge is 0.403 e. The summed E-state index contributed by atoms with van der Waals surface area (Å²) in [5, 5.41) is 19.4. The molecule has 0 saturated heterocycles. The van der Waals surface area contributed by atoms with Gasteiger partial charge in [-0.25, -0.2) is 9.97 Å². The molecule has 0 aliphatic heterocycles. The van der Waals surface area contributed by atoms with Gasteiger partial charge in [0.1, 0.15) is 6.54 Å². The van der Waals surface area contributed by atoms with Gasteiger partial charge in [-0.15, -0.1) is 5.10 Å². The molecular weight excluding hydrogens is 340 g/mol. The lowest BCUT2D eigenvalue weighted by Crippen LogP contribution is -2.00. The minimum absolute atomic E-state index is 0.113. The molecule has 2 aromatic heterocycles. The molecule has 2 heterocycles. The molecule has 7 nitrogen and oxygen atoms in total. The van der Waals surface area contributed by atoms with Gasteiger partial charge in [0.15, 0.2) is 5.82 Å². The molecule has 134 valence electrons. The van der Waals surface area contributed by atoms with E-state index in [0.717, 1.165) is 34.6 Å². The molecule has 0 bridgehead atoms. The van der Waals surface area contributed by atoms with Crippen LogP contribution in [0.4, 0.5) is 6.01 Å². The summed E-state index contributed by atoms with van der Waals surface area (Å²) in [4.78, 5) is 9.19. The van der Waals surface area contributed by atoms with Crippen LogP contribution < -0.4 is 5.32 Å². The normalized spacial score (nSPS) is 12.6. The first kappa shape index (κ1) is 16.9. The number of anilines is 1. The molecule has 0 fully saturated rings. The van der Waals surface area contributed by atoms with Gasteiger partial charge in [0.25, 0.3) is 0 Å². The van der Waals surface area contributed by atoms with Crippen molar-refractivity contribution in [1.29, 1.82) is 5.26 Å². The number of aromatic nitrogens is 4. The molecule has 1 aromatic carbocycles. The number of benzene rings is 1. The number of nitriles is 1. The average molecular weight is 358 g/mol. The fourth-order valence-corrected chi connectivity index (χ4v) is 3.02. The smallest absolute Gasteiger partial charge is 0.316 e. The van der Waals surface area contributed by atoms with E-state index in [1.165, 1.54) is 5.56 Å². The number of fused-ring (bicyclic) bond motifs is 1. The fraction of sp³-hybridized carbons (Fsp3) is 0.250. The zero-order chi connectivity index (χ0) is 18.8. The monoisotopic (exact) mass is 358 g/mol. The molecular formula is C20H18N6O. The van der Waals surface area contributed by atoms with E-state index in [9.17, 15) is 0 Å². The van der Waals surface area contributed by atoms with E-state index in [-0.39, 0.29) is 12.6 Å². The minimum atomic E-state index is 0.113. The van der Waals surface area contributed by atoms with Gasteiger partial charge in [-0.1, -0.05) is 31.1 Å². The topological polar surface area (TPSA) is 101 Å². The zero-order valence-corrected chi connectivity index (χ0v) is 15.1. The molecule has 27 heavy (non-hydrogen) atoms. The average Bonchev–Trinajstić information content (AvgIpc) is 3.33. The van der Waals surface area contributed by atoms with E-state index in [2.05, 4.69) is 46.5 Å². The highest BCUT2D eigenvalue weighted by molar-refractivity contribution is 5.83. The molecule has 0 amide bonds. The molecule has 4 rings (SSSR count). The summed E-state index contributed by atoms with van der Waals surface area (Å²) in [6.07, 6.45) is 4.81. The summed E-state index contributed by atoms with van der Waals surface area (Å²) in [7, 11) is 0. The molecule has 0 radical (unpaired) electrons. The molecule has 3 aromatic rings. The molecule has 1 N–H and O–H groups in total. The molecule has 7 heteroatoms. The lowest BCUT2D eigenvalue weighted by molar-refractivity contribution is 0.584. The van der Waals surface area contributed by atoms with E-state index < -0.39 is 0 Å². The van der Waals surface area contributed by atoms with Crippen LogP contribution in [0, 0.1) is 11.3 Å². The number of nitrogens with one attached hydrogen (secondary N) is 1. The van der Waals surface area contributed by atoms with Crippen LogP contribution in [-0.4, -0.2) is 26.7 Å². The van der Waals surface area contributed by atoms with Crippen LogP contribution >= 0.6 is 0 Å². The Morgan fingerprint density at radius 2 is 2.15 bits per heavy atom. The van der Waals surface area contributed by atoms with Crippen LogP contribution in [-0.2, 0) is 6.42 Å². The van der Waals surface area contributed by atoms with Gasteiger partial charge >= 0.3 is 6.01 Å². The van der Waals surface area contributed by atoms with Crippen molar-refractivity contribution >= 4 is 11.6 Å². The summed E-state index contributed by atoms with van der Waals surface area (Å²) in [6, 6.07) is 10.2. The molecule has 0 atom stereocenters. The Balaban J connectivity index is 1.67. The van der Waals surface area contributed by atoms with Gasteiger partial charge in [-0.05, 0) is 41.7 Å². The maximum atomic E-state index is 8.63. The Morgan fingerprint density at radius 1 is 1.26 bits per heavy atom. The summed E-state index contributed by atoms with van der Waals surface area (Å²) in [5.74, 6) is 1.48. The van der Waals surface area contributed by atoms with Crippen molar-refractivity contribution in [2.75, 3.05) is 11.9 Å². The van der Waals surface area contributed by atoms with Crippen LogP contribution in [0.2, 0.25) is 0 Å². The van der Waals surface area contributed by atoms with E-state index in [0.29, 0.717) is 11.8 Å². The van der Waals surface area contributed by atoms with Crippen LogP contribution in [0.15, 0.2) is 41.0 Å². The Bertz CT molecular complexity index is 1060. The summed E-state index contributed by atoms with van der Waals surface area (Å²) in [6.45, 7) is 4.35. The maximum Gasteiger partial charge on any atom is 0.316 e. The van der Waals surface area contributed by atoms with Crippen molar-refractivity contribution in [3.05, 3.63) is 59.2 Å². The van der Waals surface area contributed by atoms with E-state index in [1.807, 2.05) is 30.5 Å². The quantitative estimate of drug-likeness (QED) is 0.696. The SMILES string of the molecule is CC(C)c1ccnc(C2=CCc3ccc(-c4nnc(NCC#N)o4)cc32)n1. The predicted molar refractivity (Wildman–Crippen MR) is 101 cm³/mol. The van der Waals surface area contributed by atoms with E-state index >= 15 is 0 Å². The van der Waals surface area contributed by atoms with Crippen molar-refractivity contribution in [1.82, 2.24) is 20.2 Å². The Labute approximate surface area is 156 Å². The van der Waals surface area contributed by atoms with Crippen LogP contribution in [0.5, 0.6) is 0 Å². The number of hydrogen-bond acceptors (Lipinski definition) is 7. The van der Waals surface area contributed by atoms with Gasteiger partial charge in [0, 0.05) is 23.0 Å². The van der Waals surface area contributed by atoms with E-state index in [1.54, 1.807) is 0 Å². The molecule has 1 aliphatic rings. The van der Waals surface area contributed by atoms with E-state index in [4.69, 9.17) is 14.7 Å². The fourth-order valence-electron chi connectivity index (χ4n) is 3.02. The van der Waals surface area contributed by atoms with Crippen molar-refractivity contribution in [2.24, 2.45) is 0 Å². The first-order chi connectivity index (χ1) is 13.2. The zero-order valence-electron chi connectivity index (χ0n) is 15.1. The highest BCUT2D eigenvalue weighted by Gasteiger charge is 2.20. The van der Waals surface area contributed by atoms with Crippen LogP contribution in [0.1, 0.15) is 42.4 Å². The van der Waals surface area contributed by atoms with Gasteiger partial charge in [0.05, 0.1) is 6.07 Å². The van der Waals surface area contributed by atoms with Crippen LogP contribution in [0.25, 0.3) is 17.0 Å². The van der Waals surface area contributed by atoms with Crippen molar-refractivity contribution < 1.29 is 4.42 Å². The third-order valence-corrected chi connectivity index (χ3v) is 4.43. The first-order valence-electron chi connectivity index (χ1n) is 8.77. The number of rotatable bonds is 5. The molecule has 0 spiro atoms. The molecule has 1 aliphatic carbocycles. The second-order valence-electron chi connectivity index (χ2n) is 6.58. The predicted octanol–water partition coefficient (Wildman–Crippen LogP) is 3.57. The van der Waals surface area contributed by atoms with Crippen molar-refractivity contribution in [3.63, 3.8) is 0 Å². The van der Waals surface area contributed by atoms with Gasteiger partial charge in [-0.2, -0.15) is 5.26 Å². The van der Waals surface area contributed by atoms with Crippen LogP contribution in [0.3, 0.4) is 0 Å². The third-order valence-electron chi connectivity index (χ3n) is 4.43. The third kappa shape index (κ3) is 3.29. The molecule has 0 saturated carbocycles. The highest BCUT2D eigenvalue weighted by Crippen LogP contribution is 2.34. The molecule has 0 unspecified atom stereocenters. The number of hydrogen-bond donors (Lipinski definition) is 1. The Morgan fingerprint density at radius 3 is 2.96 bits per heavy atom. The van der Waals surface area contributed by atoms with Crippen molar-refractivity contribution in [3.8, 4) is 17.5 Å². The first-order valence-corrected chi connectivity index (χ1v) is 8.77. The lowest BCUT2D eigenvalue weighted by atomic mass is 10.0. The minimum Gasteiger partial charge on any atom is -0.403 e. The van der Waals surface area contributed by atoms with Crippen molar-refractivity contribution in [2.45, 2.75) is 26.2 Å². The summed E-state index contributed by atoms with van der Waals surface area (Å²) >= 11 is 0. The maximum absolute atomic E-state index is 8.63. The summed E-state index contributed by atoms with van der Waals surface area (Å²) < 4.78 is 5.59.